The van der Waals surface area contributed by atoms with Gasteiger partial charge in [0.25, 0.3) is 0 Å². The molecule has 0 aliphatic carbocycles. The number of thiophene rings is 1. The van der Waals surface area contributed by atoms with Crippen molar-refractivity contribution in [2.45, 2.75) is 0 Å². The second-order valence-electron chi connectivity index (χ2n) is 14.4. The van der Waals surface area contributed by atoms with Crippen molar-refractivity contribution in [1.29, 1.82) is 0 Å². The van der Waals surface area contributed by atoms with E-state index in [0.717, 1.165) is 60.7 Å². The Labute approximate surface area is 330 Å². The molecule has 57 heavy (non-hydrogen) atoms. The van der Waals surface area contributed by atoms with Crippen LogP contribution in [-0.4, -0.2) is 19.5 Å². The molecule has 0 spiro atoms. The first-order valence-corrected chi connectivity index (χ1v) is 19.8. The third-order valence-corrected chi connectivity index (χ3v) is 12.2. The lowest BCUT2D eigenvalue weighted by Crippen LogP contribution is -2.00. The summed E-state index contributed by atoms with van der Waals surface area (Å²) in [7, 11) is 0. The molecular formula is C51H30N4OS. The number of nitrogens with zero attached hydrogens (tertiary/aromatic N) is 4. The number of hydrogen-bond acceptors (Lipinski definition) is 5. The highest BCUT2D eigenvalue weighted by atomic mass is 32.1. The number of rotatable bonds is 5. The average molecular weight is 747 g/mol. The Balaban J connectivity index is 1.03. The van der Waals surface area contributed by atoms with Crippen LogP contribution in [0.25, 0.3) is 115 Å². The second kappa shape index (κ2) is 12.6. The topological polar surface area (TPSA) is 56.7 Å². The number of hydrogen-bond donors (Lipinski definition) is 0. The summed E-state index contributed by atoms with van der Waals surface area (Å²) in [6.45, 7) is 0. The Morgan fingerprint density at radius 2 is 0.930 bits per heavy atom. The molecule has 0 unspecified atom stereocenters. The maximum atomic E-state index is 6.57. The number of benzene rings is 8. The summed E-state index contributed by atoms with van der Waals surface area (Å²) in [5.41, 5.74) is 10.2. The normalized spacial score (nSPS) is 11.9. The summed E-state index contributed by atoms with van der Waals surface area (Å²) in [5.74, 6) is 1.88. The molecule has 0 saturated carbocycles. The summed E-state index contributed by atoms with van der Waals surface area (Å²) in [5, 5.41) is 6.89. The fraction of sp³-hybridized carbons (Fsp3) is 0. The summed E-state index contributed by atoms with van der Waals surface area (Å²) < 4.78 is 11.4. The van der Waals surface area contributed by atoms with Crippen LogP contribution in [0, 0.1) is 0 Å². The van der Waals surface area contributed by atoms with Crippen LogP contribution in [0.3, 0.4) is 0 Å². The maximum absolute atomic E-state index is 6.57. The van der Waals surface area contributed by atoms with Crippen LogP contribution in [0.5, 0.6) is 0 Å². The van der Waals surface area contributed by atoms with E-state index in [2.05, 4.69) is 150 Å². The third-order valence-electron chi connectivity index (χ3n) is 11.1. The van der Waals surface area contributed by atoms with Crippen molar-refractivity contribution in [3.63, 3.8) is 0 Å². The third kappa shape index (κ3) is 5.19. The molecule has 266 valence electrons. The summed E-state index contributed by atoms with van der Waals surface area (Å²) in [4.78, 5) is 15.3. The predicted molar refractivity (Wildman–Crippen MR) is 236 cm³/mol. The van der Waals surface area contributed by atoms with Crippen molar-refractivity contribution in [2.24, 2.45) is 0 Å². The van der Waals surface area contributed by atoms with Gasteiger partial charge in [-0.1, -0.05) is 121 Å². The van der Waals surface area contributed by atoms with Crippen molar-refractivity contribution in [3.8, 4) is 51.0 Å². The Kier molecular flexibility index (Phi) is 7.03. The van der Waals surface area contributed by atoms with E-state index >= 15 is 0 Å². The molecule has 0 radical (unpaired) electrons. The molecule has 0 bridgehead atoms. The van der Waals surface area contributed by atoms with E-state index in [4.69, 9.17) is 19.4 Å². The molecule has 0 N–H and O–H groups in total. The fourth-order valence-corrected chi connectivity index (χ4v) is 9.45. The van der Waals surface area contributed by atoms with Crippen LogP contribution in [0.2, 0.25) is 0 Å². The molecule has 5 nitrogen and oxygen atoms in total. The molecule has 0 fully saturated rings. The van der Waals surface area contributed by atoms with Gasteiger partial charge in [0.1, 0.15) is 11.2 Å². The van der Waals surface area contributed by atoms with Crippen LogP contribution < -0.4 is 0 Å². The number of aromatic nitrogens is 4. The quantitative estimate of drug-likeness (QED) is 0.176. The van der Waals surface area contributed by atoms with Gasteiger partial charge in [0.15, 0.2) is 17.5 Å². The summed E-state index contributed by atoms with van der Waals surface area (Å²) in [6, 6.07) is 63.9. The minimum atomic E-state index is 0.611. The van der Waals surface area contributed by atoms with Crippen LogP contribution in [0.15, 0.2) is 186 Å². The van der Waals surface area contributed by atoms with Crippen LogP contribution in [-0.2, 0) is 0 Å². The van der Waals surface area contributed by atoms with E-state index in [-0.39, 0.29) is 0 Å². The first-order chi connectivity index (χ1) is 28.2. The van der Waals surface area contributed by atoms with Gasteiger partial charge in [-0.05, 0) is 71.8 Å². The number of para-hydroxylation sites is 1. The second-order valence-corrected chi connectivity index (χ2v) is 15.5. The maximum Gasteiger partial charge on any atom is 0.164 e. The van der Waals surface area contributed by atoms with E-state index in [0.29, 0.717) is 17.5 Å². The molecule has 12 rings (SSSR count). The zero-order valence-electron chi connectivity index (χ0n) is 30.4. The van der Waals surface area contributed by atoms with E-state index in [9.17, 15) is 0 Å². The smallest absolute Gasteiger partial charge is 0.164 e. The van der Waals surface area contributed by atoms with E-state index in [1.807, 2.05) is 36.4 Å². The van der Waals surface area contributed by atoms with Gasteiger partial charge in [-0.3, -0.25) is 0 Å². The lowest BCUT2D eigenvalue weighted by Gasteiger charge is -2.10. The monoisotopic (exact) mass is 746 g/mol. The molecule has 6 heteroatoms. The van der Waals surface area contributed by atoms with Gasteiger partial charge < -0.3 is 8.98 Å². The molecule has 0 saturated heterocycles. The molecule has 12 aromatic rings. The Hall–Kier alpha value is -7.41. The van der Waals surface area contributed by atoms with Gasteiger partial charge in [0.2, 0.25) is 0 Å². The molecule has 0 aliphatic heterocycles. The van der Waals surface area contributed by atoms with Crippen LogP contribution in [0.4, 0.5) is 0 Å². The summed E-state index contributed by atoms with van der Waals surface area (Å²) in [6.07, 6.45) is 0. The highest BCUT2D eigenvalue weighted by molar-refractivity contribution is 7.25. The van der Waals surface area contributed by atoms with Crippen molar-refractivity contribution in [1.82, 2.24) is 19.5 Å². The zero-order chi connectivity index (χ0) is 37.5. The van der Waals surface area contributed by atoms with Gasteiger partial charge in [-0.15, -0.1) is 11.3 Å². The van der Waals surface area contributed by atoms with E-state index < -0.39 is 0 Å². The number of furan rings is 1. The zero-order valence-corrected chi connectivity index (χ0v) is 31.2. The van der Waals surface area contributed by atoms with Gasteiger partial charge in [0, 0.05) is 64.1 Å². The molecule has 4 heterocycles. The first kappa shape index (κ1) is 31.9. The lowest BCUT2D eigenvalue weighted by atomic mass is 10.1. The Morgan fingerprint density at radius 3 is 1.72 bits per heavy atom. The van der Waals surface area contributed by atoms with Crippen molar-refractivity contribution < 1.29 is 4.42 Å². The Morgan fingerprint density at radius 1 is 0.351 bits per heavy atom. The van der Waals surface area contributed by atoms with Gasteiger partial charge in [-0.25, -0.2) is 15.0 Å². The van der Waals surface area contributed by atoms with Crippen LogP contribution >= 0.6 is 11.3 Å². The van der Waals surface area contributed by atoms with Gasteiger partial charge in [-0.2, -0.15) is 0 Å². The standard InChI is InChI=1S/C51H30N4OS/c1-3-11-31(12-4-1)32-19-23-36(24-20-32)55-43-17-9-7-15-37(43)40-30-46-42(29-44(40)55)41-27-34(22-26-45(41)56-46)50-52-49(33-13-5-2-6-14-33)53-51(54-50)35-21-25-39-38-16-8-10-18-47(38)57-48(39)28-35/h1-30H. The molecule has 0 aliphatic rings. The summed E-state index contributed by atoms with van der Waals surface area (Å²) >= 11 is 1.79. The van der Waals surface area contributed by atoms with Crippen LogP contribution in [0.1, 0.15) is 0 Å². The molecule has 8 aromatic carbocycles. The molecule has 4 aromatic heterocycles. The van der Waals surface area contributed by atoms with E-state index in [1.54, 1.807) is 11.3 Å². The minimum absolute atomic E-state index is 0.611. The van der Waals surface area contributed by atoms with Crippen molar-refractivity contribution in [3.05, 3.63) is 182 Å². The Bertz CT molecular complexity index is 3510. The number of fused-ring (bicyclic) bond motifs is 9. The molecule has 0 atom stereocenters. The molecule has 0 amide bonds. The highest BCUT2D eigenvalue weighted by Gasteiger charge is 2.19. The van der Waals surface area contributed by atoms with E-state index in [1.165, 1.54) is 36.7 Å². The van der Waals surface area contributed by atoms with Gasteiger partial charge in [0.05, 0.1) is 11.0 Å². The minimum Gasteiger partial charge on any atom is -0.456 e. The van der Waals surface area contributed by atoms with Crippen molar-refractivity contribution >= 4 is 75.3 Å². The highest BCUT2D eigenvalue weighted by Crippen LogP contribution is 2.40. The van der Waals surface area contributed by atoms with Crippen molar-refractivity contribution in [2.75, 3.05) is 0 Å². The average Bonchev–Trinajstić information content (AvgIpc) is 3.94. The largest absolute Gasteiger partial charge is 0.456 e. The molecular weight excluding hydrogens is 717 g/mol. The predicted octanol–water partition coefficient (Wildman–Crippen LogP) is 13.9. The lowest BCUT2D eigenvalue weighted by molar-refractivity contribution is 0.669. The SMILES string of the molecule is c1ccc(-c2ccc(-n3c4ccccc4c4cc5oc6ccc(-c7nc(-c8ccccc8)nc(-c8ccc9c(c8)sc8ccccc89)n7)cc6c5cc43)cc2)cc1. The first-order valence-electron chi connectivity index (χ1n) is 19.0. The van der Waals surface area contributed by atoms with Gasteiger partial charge >= 0.3 is 0 Å². The fourth-order valence-electron chi connectivity index (χ4n) is 8.30.